The molecule has 0 unspecified atom stereocenters. The van der Waals surface area contributed by atoms with Crippen LogP contribution in [-0.2, 0) is 6.42 Å². The van der Waals surface area contributed by atoms with E-state index in [1.165, 1.54) is 19.3 Å². The molecule has 0 aliphatic carbocycles. The summed E-state index contributed by atoms with van der Waals surface area (Å²) in [7, 11) is 3.35. The molecule has 0 aliphatic rings. The molecule has 118 valence electrons. The second-order valence-corrected chi connectivity index (χ2v) is 5.63. The minimum atomic E-state index is 0.584. The molecular formula is C17H27NO2S. The lowest BCUT2D eigenvalue weighted by Gasteiger charge is -2.15. The molecular weight excluding hydrogens is 282 g/mol. The summed E-state index contributed by atoms with van der Waals surface area (Å²) in [5.74, 6) is 1.66. The Morgan fingerprint density at radius 1 is 1.10 bits per heavy atom. The zero-order chi connectivity index (χ0) is 15.7. The molecule has 1 aromatic rings. The molecule has 21 heavy (non-hydrogen) atoms. The Morgan fingerprint density at radius 3 is 2.38 bits per heavy atom. The van der Waals surface area contributed by atoms with Gasteiger partial charge in [0.1, 0.15) is 11.5 Å². The second kappa shape index (κ2) is 9.74. The highest BCUT2D eigenvalue weighted by molar-refractivity contribution is 7.80. The number of hydrogen-bond donors (Lipinski definition) is 1. The highest BCUT2D eigenvalue weighted by Gasteiger charge is 2.14. The summed E-state index contributed by atoms with van der Waals surface area (Å²) in [5, 5.41) is 0. The van der Waals surface area contributed by atoms with Gasteiger partial charge in [-0.3, -0.25) is 0 Å². The molecule has 0 aromatic heterocycles. The number of methoxy groups -OCH3 is 2. The van der Waals surface area contributed by atoms with Gasteiger partial charge in [0.15, 0.2) is 0 Å². The fourth-order valence-corrected chi connectivity index (χ4v) is 2.68. The van der Waals surface area contributed by atoms with E-state index in [0.29, 0.717) is 6.54 Å². The molecule has 1 rings (SSSR count). The molecule has 0 amide bonds. The Hall–Kier alpha value is -1.13. The van der Waals surface area contributed by atoms with Crippen molar-refractivity contribution in [1.82, 2.24) is 0 Å². The SMILES string of the molecule is CCCCCCC(=S)c1cc(OC)c(CCN)cc1OC. The number of thiocarbonyl (C=S) groups is 1. The molecule has 0 saturated heterocycles. The number of benzene rings is 1. The first-order valence-electron chi connectivity index (χ1n) is 7.66. The Labute approximate surface area is 133 Å². The molecule has 0 bridgehead atoms. The smallest absolute Gasteiger partial charge is 0.127 e. The third-order valence-corrected chi connectivity index (χ3v) is 4.00. The van der Waals surface area contributed by atoms with Crippen molar-refractivity contribution in [2.24, 2.45) is 5.73 Å². The normalized spacial score (nSPS) is 10.5. The first kappa shape index (κ1) is 17.9. The van der Waals surface area contributed by atoms with Gasteiger partial charge in [-0.1, -0.05) is 38.4 Å². The fraction of sp³-hybridized carbons (Fsp3) is 0.588. The number of ether oxygens (including phenoxy) is 2. The van der Waals surface area contributed by atoms with Crippen molar-refractivity contribution in [2.75, 3.05) is 20.8 Å². The van der Waals surface area contributed by atoms with Crippen LogP contribution in [0.3, 0.4) is 0 Å². The molecule has 0 saturated carbocycles. The first-order valence-corrected chi connectivity index (χ1v) is 8.06. The molecule has 0 radical (unpaired) electrons. The van der Waals surface area contributed by atoms with Crippen LogP contribution in [0.1, 0.15) is 50.2 Å². The van der Waals surface area contributed by atoms with Crippen LogP contribution in [0.25, 0.3) is 0 Å². The van der Waals surface area contributed by atoms with E-state index in [1.54, 1.807) is 14.2 Å². The highest BCUT2D eigenvalue weighted by atomic mass is 32.1. The molecule has 0 fully saturated rings. The minimum absolute atomic E-state index is 0.584. The molecule has 0 spiro atoms. The predicted molar refractivity (Wildman–Crippen MR) is 92.8 cm³/mol. The van der Waals surface area contributed by atoms with Gasteiger partial charge >= 0.3 is 0 Å². The lowest BCUT2D eigenvalue weighted by atomic mass is 10.0. The number of hydrogen-bond acceptors (Lipinski definition) is 4. The summed E-state index contributed by atoms with van der Waals surface area (Å²) >= 11 is 5.58. The van der Waals surface area contributed by atoms with Crippen LogP contribution in [0.5, 0.6) is 11.5 Å². The lowest BCUT2D eigenvalue weighted by Crippen LogP contribution is -2.07. The van der Waals surface area contributed by atoms with E-state index < -0.39 is 0 Å². The molecule has 3 nitrogen and oxygen atoms in total. The predicted octanol–water partition coefficient (Wildman–Crippen LogP) is 3.89. The second-order valence-electron chi connectivity index (χ2n) is 5.14. The topological polar surface area (TPSA) is 44.5 Å². The van der Waals surface area contributed by atoms with Crippen LogP contribution in [0.15, 0.2) is 12.1 Å². The van der Waals surface area contributed by atoms with Crippen molar-refractivity contribution in [1.29, 1.82) is 0 Å². The summed E-state index contributed by atoms with van der Waals surface area (Å²) in [4.78, 5) is 0.945. The van der Waals surface area contributed by atoms with Crippen molar-refractivity contribution in [3.8, 4) is 11.5 Å². The highest BCUT2D eigenvalue weighted by Crippen LogP contribution is 2.30. The Morgan fingerprint density at radius 2 is 1.81 bits per heavy atom. The van der Waals surface area contributed by atoms with Crippen molar-refractivity contribution >= 4 is 17.1 Å². The number of rotatable bonds is 10. The third-order valence-electron chi connectivity index (χ3n) is 3.57. The van der Waals surface area contributed by atoms with Gasteiger partial charge in [0, 0.05) is 10.4 Å². The summed E-state index contributed by atoms with van der Waals surface area (Å²) in [6.45, 7) is 2.79. The van der Waals surface area contributed by atoms with E-state index in [-0.39, 0.29) is 0 Å². The first-order chi connectivity index (χ1) is 10.2. The maximum atomic E-state index is 5.65. The average molecular weight is 309 g/mol. The standard InChI is InChI=1S/C17H27NO2S/c1-4-5-6-7-8-17(21)14-12-15(19-2)13(9-10-18)11-16(14)20-3/h11-12H,4-10,18H2,1-3H3. The van der Waals surface area contributed by atoms with E-state index in [0.717, 1.165) is 46.8 Å². The molecule has 0 atom stereocenters. The zero-order valence-corrected chi connectivity index (χ0v) is 14.2. The van der Waals surface area contributed by atoms with Crippen LogP contribution < -0.4 is 15.2 Å². The Bertz CT molecular complexity index is 460. The largest absolute Gasteiger partial charge is 0.496 e. The van der Waals surface area contributed by atoms with Crippen molar-refractivity contribution in [3.63, 3.8) is 0 Å². The van der Waals surface area contributed by atoms with Gasteiger partial charge in [-0.05, 0) is 43.5 Å². The Kier molecular flexibility index (Phi) is 8.31. The lowest BCUT2D eigenvalue weighted by molar-refractivity contribution is 0.398. The zero-order valence-electron chi connectivity index (χ0n) is 13.4. The molecule has 2 N–H and O–H groups in total. The van der Waals surface area contributed by atoms with Gasteiger partial charge in [-0.25, -0.2) is 0 Å². The third kappa shape index (κ3) is 5.29. The van der Waals surface area contributed by atoms with Crippen LogP contribution >= 0.6 is 12.2 Å². The van der Waals surface area contributed by atoms with E-state index in [9.17, 15) is 0 Å². The van der Waals surface area contributed by atoms with Crippen LogP contribution in [0.2, 0.25) is 0 Å². The van der Waals surface area contributed by atoms with Gasteiger partial charge < -0.3 is 15.2 Å². The monoisotopic (exact) mass is 309 g/mol. The van der Waals surface area contributed by atoms with Gasteiger partial charge in [-0.2, -0.15) is 0 Å². The summed E-state index contributed by atoms with van der Waals surface area (Å²) in [5.41, 5.74) is 7.68. The molecule has 1 aromatic carbocycles. The van der Waals surface area contributed by atoms with Crippen molar-refractivity contribution in [2.45, 2.75) is 45.4 Å². The van der Waals surface area contributed by atoms with Gasteiger partial charge in [-0.15, -0.1) is 0 Å². The minimum Gasteiger partial charge on any atom is -0.496 e. The summed E-state index contributed by atoms with van der Waals surface area (Å²) < 4.78 is 11.0. The van der Waals surface area contributed by atoms with Crippen LogP contribution in [0.4, 0.5) is 0 Å². The van der Waals surface area contributed by atoms with E-state index in [4.69, 9.17) is 27.4 Å². The molecule has 0 heterocycles. The van der Waals surface area contributed by atoms with Gasteiger partial charge in [0.2, 0.25) is 0 Å². The van der Waals surface area contributed by atoms with Crippen LogP contribution in [-0.4, -0.2) is 25.6 Å². The van der Waals surface area contributed by atoms with Gasteiger partial charge in [0.05, 0.1) is 14.2 Å². The van der Waals surface area contributed by atoms with Gasteiger partial charge in [0.25, 0.3) is 0 Å². The van der Waals surface area contributed by atoms with E-state index >= 15 is 0 Å². The molecule has 4 heteroatoms. The fourth-order valence-electron chi connectivity index (χ4n) is 2.38. The van der Waals surface area contributed by atoms with Crippen molar-refractivity contribution < 1.29 is 9.47 Å². The quantitative estimate of drug-likeness (QED) is 0.404. The maximum absolute atomic E-state index is 5.65. The number of unbranched alkanes of at least 4 members (excludes halogenated alkanes) is 3. The Balaban J connectivity index is 2.91. The summed E-state index contributed by atoms with van der Waals surface area (Å²) in [6, 6.07) is 3.99. The number of nitrogens with two attached hydrogens (primary N) is 1. The summed E-state index contributed by atoms with van der Waals surface area (Å²) in [6.07, 6.45) is 6.54. The van der Waals surface area contributed by atoms with Crippen molar-refractivity contribution in [3.05, 3.63) is 23.3 Å². The van der Waals surface area contributed by atoms with E-state index in [1.807, 2.05) is 12.1 Å². The molecule has 0 aliphatic heterocycles. The van der Waals surface area contributed by atoms with E-state index in [2.05, 4.69) is 6.92 Å². The maximum Gasteiger partial charge on any atom is 0.127 e. The van der Waals surface area contributed by atoms with Crippen LogP contribution in [0, 0.1) is 0 Å². The average Bonchev–Trinajstić information content (AvgIpc) is 2.51.